The molecule has 0 fully saturated rings. The van der Waals surface area contributed by atoms with E-state index < -0.39 is 0 Å². The van der Waals surface area contributed by atoms with Gasteiger partial charge in [0, 0.05) is 12.1 Å². The second-order valence-electron chi connectivity index (χ2n) is 6.73. The number of ether oxygens (including phenoxy) is 2. The molecular weight excluding hydrogens is 350 g/mol. The number of hydrogen-bond acceptors (Lipinski definition) is 3. The SMILES string of the molecule is CC(C)Oc1ccc(NC(=O)c2ccccc2OCCc2ccccc2)cc1. The highest BCUT2D eigenvalue weighted by molar-refractivity contribution is 6.06. The molecule has 0 radical (unpaired) electrons. The van der Waals surface area contributed by atoms with E-state index in [0.717, 1.165) is 12.2 Å². The summed E-state index contributed by atoms with van der Waals surface area (Å²) in [7, 11) is 0. The van der Waals surface area contributed by atoms with Gasteiger partial charge in [0.15, 0.2) is 0 Å². The second kappa shape index (κ2) is 9.60. The zero-order chi connectivity index (χ0) is 19.8. The Morgan fingerprint density at radius 1 is 0.893 bits per heavy atom. The van der Waals surface area contributed by atoms with E-state index in [1.807, 2.05) is 74.5 Å². The van der Waals surface area contributed by atoms with Crippen molar-refractivity contribution in [1.29, 1.82) is 0 Å². The second-order valence-corrected chi connectivity index (χ2v) is 6.73. The Balaban J connectivity index is 1.62. The predicted octanol–water partition coefficient (Wildman–Crippen LogP) is 5.35. The summed E-state index contributed by atoms with van der Waals surface area (Å²) in [5.41, 5.74) is 2.42. The van der Waals surface area contributed by atoms with Crippen LogP contribution >= 0.6 is 0 Å². The van der Waals surface area contributed by atoms with Crippen molar-refractivity contribution < 1.29 is 14.3 Å². The summed E-state index contributed by atoms with van der Waals surface area (Å²) >= 11 is 0. The van der Waals surface area contributed by atoms with Gasteiger partial charge in [-0.25, -0.2) is 0 Å². The fourth-order valence-electron chi connectivity index (χ4n) is 2.79. The average molecular weight is 375 g/mol. The molecule has 3 rings (SSSR count). The van der Waals surface area contributed by atoms with Crippen LogP contribution in [0.4, 0.5) is 5.69 Å². The molecule has 0 saturated heterocycles. The van der Waals surface area contributed by atoms with Gasteiger partial charge in [0.1, 0.15) is 11.5 Å². The maximum absolute atomic E-state index is 12.7. The third kappa shape index (κ3) is 5.61. The average Bonchev–Trinajstić information content (AvgIpc) is 2.70. The zero-order valence-corrected chi connectivity index (χ0v) is 16.2. The third-order valence-electron chi connectivity index (χ3n) is 4.11. The van der Waals surface area contributed by atoms with Crippen LogP contribution in [0.3, 0.4) is 0 Å². The molecule has 1 N–H and O–H groups in total. The van der Waals surface area contributed by atoms with Crippen molar-refractivity contribution in [2.45, 2.75) is 26.4 Å². The number of anilines is 1. The molecule has 0 atom stereocenters. The molecule has 0 aromatic heterocycles. The molecule has 0 unspecified atom stereocenters. The first-order valence-corrected chi connectivity index (χ1v) is 9.45. The van der Waals surface area contributed by atoms with E-state index >= 15 is 0 Å². The van der Waals surface area contributed by atoms with E-state index in [2.05, 4.69) is 17.4 Å². The molecule has 0 aliphatic rings. The number of carbonyl (C=O) groups is 1. The van der Waals surface area contributed by atoms with E-state index in [0.29, 0.717) is 23.6 Å². The Labute approximate surface area is 166 Å². The number of amides is 1. The van der Waals surface area contributed by atoms with E-state index in [-0.39, 0.29) is 12.0 Å². The van der Waals surface area contributed by atoms with Gasteiger partial charge < -0.3 is 14.8 Å². The number of para-hydroxylation sites is 1. The molecular formula is C24H25NO3. The maximum atomic E-state index is 12.7. The summed E-state index contributed by atoms with van der Waals surface area (Å²) in [5.74, 6) is 1.15. The normalized spacial score (nSPS) is 10.5. The predicted molar refractivity (Wildman–Crippen MR) is 112 cm³/mol. The first-order valence-electron chi connectivity index (χ1n) is 9.45. The molecule has 0 bridgehead atoms. The van der Waals surface area contributed by atoms with Crippen molar-refractivity contribution >= 4 is 11.6 Å². The van der Waals surface area contributed by atoms with Gasteiger partial charge >= 0.3 is 0 Å². The topological polar surface area (TPSA) is 47.6 Å². The van der Waals surface area contributed by atoms with Gasteiger partial charge in [-0.2, -0.15) is 0 Å². The summed E-state index contributed by atoms with van der Waals surface area (Å²) in [6, 6.07) is 24.8. The molecule has 28 heavy (non-hydrogen) atoms. The minimum atomic E-state index is -0.201. The highest BCUT2D eigenvalue weighted by Gasteiger charge is 2.12. The van der Waals surface area contributed by atoms with Crippen LogP contribution < -0.4 is 14.8 Å². The fourth-order valence-corrected chi connectivity index (χ4v) is 2.79. The molecule has 3 aromatic rings. The highest BCUT2D eigenvalue weighted by Crippen LogP contribution is 2.22. The van der Waals surface area contributed by atoms with Crippen LogP contribution in [0.5, 0.6) is 11.5 Å². The largest absolute Gasteiger partial charge is 0.492 e. The van der Waals surface area contributed by atoms with E-state index in [1.165, 1.54) is 5.56 Å². The van der Waals surface area contributed by atoms with Crippen LogP contribution in [0.1, 0.15) is 29.8 Å². The van der Waals surface area contributed by atoms with Crippen molar-refractivity contribution in [3.8, 4) is 11.5 Å². The number of nitrogens with one attached hydrogen (secondary N) is 1. The quantitative estimate of drug-likeness (QED) is 0.577. The molecule has 1 amide bonds. The first-order chi connectivity index (χ1) is 13.6. The summed E-state index contributed by atoms with van der Waals surface area (Å²) in [5, 5.41) is 2.91. The van der Waals surface area contributed by atoms with Crippen LogP contribution in [-0.2, 0) is 6.42 Å². The van der Waals surface area contributed by atoms with Crippen LogP contribution in [0.25, 0.3) is 0 Å². The standard InChI is InChI=1S/C24H25NO3/c1-18(2)28-21-14-12-20(13-15-21)25-24(26)22-10-6-7-11-23(22)27-17-16-19-8-4-3-5-9-19/h3-15,18H,16-17H2,1-2H3,(H,25,26). The molecule has 0 spiro atoms. The van der Waals surface area contributed by atoms with Crippen molar-refractivity contribution in [2.75, 3.05) is 11.9 Å². The summed E-state index contributed by atoms with van der Waals surface area (Å²) in [6.07, 6.45) is 0.897. The maximum Gasteiger partial charge on any atom is 0.259 e. The minimum absolute atomic E-state index is 0.111. The lowest BCUT2D eigenvalue weighted by Crippen LogP contribution is -2.14. The van der Waals surface area contributed by atoms with Crippen molar-refractivity contribution in [3.05, 3.63) is 90.0 Å². The number of carbonyl (C=O) groups excluding carboxylic acids is 1. The molecule has 0 heterocycles. The molecule has 0 aliphatic heterocycles. The van der Waals surface area contributed by atoms with Gasteiger partial charge in [0.25, 0.3) is 5.91 Å². The van der Waals surface area contributed by atoms with Crippen LogP contribution in [0.2, 0.25) is 0 Å². The lowest BCUT2D eigenvalue weighted by molar-refractivity contribution is 0.102. The molecule has 0 saturated carbocycles. The van der Waals surface area contributed by atoms with E-state index in [9.17, 15) is 4.79 Å². The third-order valence-corrected chi connectivity index (χ3v) is 4.11. The van der Waals surface area contributed by atoms with Gasteiger partial charge in [0.2, 0.25) is 0 Å². The van der Waals surface area contributed by atoms with Gasteiger partial charge in [0.05, 0.1) is 18.3 Å². The van der Waals surface area contributed by atoms with Gasteiger partial charge in [-0.3, -0.25) is 4.79 Å². The summed E-state index contributed by atoms with van der Waals surface area (Å²) < 4.78 is 11.5. The molecule has 4 nitrogen and oxygen atoms in total. The summed E-state index contributed by atoms with van der Waals surface area (Å²) in [4.78, 5) is 12.7. The number of rotatable bonds is 8. The van der Waals surface area contributed by atoms with Crippen LogP contribution in [-0.4, -0.2) is 18.6 Å². The highest BCUT2D eigenvalue weighted by atomic mass is 16.5. The van der Waals surface area contributed by atoms with Crippen molar-refractivity contribution in [2.24, 2.45) is 0 Å². The van der Waals surface area contributed by atoms with E-state index in [1.54, 1.807) is 6.07 Å². The van der Waals surface area contributed by atoms with E-state index in [4.69, 9.17) is 9.47 Å². The monoisotopic (exact) mass is 375 g/mol. The zero-order valence-electron chi connectivity index (χ0n) is 16.2. The van der Waals surface area contributed by atoms with Crippen LogP contribution in [0.15, 0.2) is 78.9 Å². The molecule has 144 valence electrons. The van der Waals surface area contributed by atoms with Gasteiger partial charge in [-0.15, -0.1) is 0 Å². The Kier molecular flexibility index (Phi) is 6.68. The van der Waals surface area contributed by atoms with Crippen molar-refractivity contribution in [3.63, 3.8) is 0 Å². The first kappa shape index (κ1) is 19.5. The number of hydrogen-bond donors (Lipinski definition) is 1. The Hall–Kier alpha value is -3.27. The van der Waals surface area contributed by atoms with Crippen molar-refractivity contribution in [1.82, 2.24) is 0 Å². The molecule has 0 aliphatic carbocycles. The Morgan fingerprint density at radius 2 is 1.57 bits per heavy atom. The van der Waals surface area contributed by atoms with Crippen LogP contribution in [0, 0.1) is 0 Å². The number of benzene rings is 3. The lowest BCUT2D eigenvalue weighted by atomic mass is 10.1. The lowest BCUT2D eigenvalue weighted by Gasteiger charge is -2.13. The Morgan fingerprint density at radius 3 is 2.29 bits per heavy atom. The fraction of sp³-hybridized carbons (Fsp3) is 0.208. The smallest absolute Gasteiger partial charge is 0.259 e. The summed E-state index contributed by atoms with van der Waals surface area (Å²) in [6.45, 7) is 4.46. The molecule has 3 aromatic carbocycles. The van der Waals surface area contributed by atoms with Gasteiger partial charge in [-0.1, -0.05) is 42.5 Å². The molecule has 4 heteroatoms. The van der Waals surface area contributed by atoms with Gasteiger partial charge in [-0.05, 0) is 55.8 Å². The Bertz CT molecular complexity index is 889. The minimum Gasteiger partial charge on any atom is -0.492 e.